The first-order chi connectivity index (χ1) is 8.83. The largest absolute Gasteiger partial charge is 0.481 e. The van der Waals surface area contributed by atoms with Crippen molar-refractivity contribution in [2.45, 2.75) is 24.7 Å². The number of carboxylic acids is 1. The summed E-state index contributed by atoms with van der Waals surface area (Å²) in [4.78, 5) is 10.5. The van der Waals surface area contributed by atoms with E-state index >= 15 is 0 Å². The van der Waals surface area contributed by atoms with Crippen molar-refractivity contribution in [3.63, 3.8) is 0 Å². The van der Waals surface area contributed by atoms with Crippen LogP contribution in [0.5, 0.6) is 0 Å². The Morgan fingerprint density at radius 3 is 2.63 bits per heavy atom. The zero-order chi connectivity index (χ0) is 14.5. The van der Waals surface area contributed by atoms with Crippen LogP contribution in [0.4, 0.5) is 0 Å². The molecule has 1 aromatic heterocycles. The molecule has 0 aliphatic heterocycles. The summed E-state index contributed by atoms with van der Waals surface area (Å²) in [6, 6.07) is 0. The number of aliphatic hydroxyl groups is 1. The van der Waals surface area contributed by atoms with Gasteiger partial charge in [0.15, 0.2) is 11.0 Å². The monoisotopic (exact) mass is 309 g/mol. The average Bonchev–Trinajstić information content (AvgIpc) is 2.67. The number of hydrogen-bond acceptors (Lipinski definition) is 7. The summed E-state index contributed by atoms with van der Waals surface area (Å²) in [7, 11) is -3.05. The number of hydrogen-bond donors (Lipinski definition) is 2. The maximum Gasteiger partial charge on any atom is 0.313 e. The summed E-state index contributed by atoms with van der Waals surface area (Å²) in [6.45, 7) is -0.0164. The number of thioether (sulfide) groups is 1. The molecule has 0 saturated carbocycles. The van der Waals surface area contributed by atoms with Crippen LogP contribution in [0.1, 0.15) is 12.2 Å². The van der Waals surface area contributed by atoms with Crippen molar-refractivity contribution >= 4 is 27.6 Å². The van der Waals surface area contributed by atoms with Crippen LogP contribution in [0.2, 0.25) is 0 Å². The van der Waals surface area contributed by atoms with Crippen LogP contribution in [0.25, 0.3) is 0 Å². The lowest BCUT2D eigenvalue weighted by atomic mass is 10.4. The molecule has 1 aromatic rings. The normalized spacial score (nSPS) is 11.7. The van der Waals surface area contributed by atoms with Gasteiger partial charge in [-0.1, -0.05) is 11.8 Å². The lowest BCUT2D eigenvalue weighted by Gasteiger charge is -2.07. The van der Waals surface area contributed by atoms with Crippen molar-refractivity contribution in [1.29, 1.82) is 0 Å². The summed E-state index contributed by atoms with van der Waals surface area (Å²) in [5.41, 5.74) is 0. The Labute approximate surface area is 114 Å². The van der Waals surface area contributed by atoms with Crippen LogP contribution in [0.3, 0.4) is 0 Å². The number of aliphatic carboxylic acids is 1. The van der Waals surface area contributed by atoms with E-state index in [0.717, 1.165) is 18.0 Å². The van der Waals surface area contributed by atoms with Crippen molar-refractivity contribution in [3.8, 4) is 0 Å². The van der Waals surface area contributed by atoms with E-state index in [0.29, 0.717) is 23.9 Å². The summed E-state index contributed by atoms with van der Waals surface area (Å²) >= 11 is 0.979. The molecule has 0 spiro atoms. The van der Waals surface area contributed by atoms with Gasteiger partial charge in [-0.15, -0.1) is 10.2 Å². The lowest BCUT2D eigenvalue weighted by molar-refractivity contribution is -0.133. The zero-order valence-corrected chi connectivity index (χ0v) is 11.9. The quantitative estimate of drug-likeness (QED) is 0.609. The molecule has 0 amide bonds. The number of sulfone groups is 1. The maximum absolute atomic E-state index is 11.0. The molecule has 0 aliphatic carbocycles. The lowest BCUT2D eigenvalue weighted by Crippen LogP contribution is -2.11. The van der Waals surface area contributed by atoms with Crippen molar-refractivity contribution in [3.05, 3.63) is 5.82 Å². The smallest absolute Gasteiger partial charge is 0.313 e. The number of aromatic nitrogens is 3. The van der Waals surface area contributed by atoms with Gasteiger partial charge in [-0.25, -0.2) is 8.42 Å². The van der Waals surface area contributed by atoms with E-state index in [9.17, 15) is 13.2 Å². The van der Waals surface area contributed by atoms with Gasteiger partial charge in [0.05, 0.1) is 11.5 Å². The van der Waals surface area contributed by atoms with E-state index in [2.05, 4.69) is 10.2 Å². The van der Waals surface area contributed by atoms with Gasteiger partial charge in [-0.2, -0.15) is 0 Å². The minimum atomic E-state index is -3.05. The third-order valence-electron chi connectivity index (χ3n) is 2.16. The topological polar surface area (TPSA) is 122 Å². The zero-order valence-electron chi connectivity index (χ0n) is 10.3. The fourth-order valence-corrected chi connectivity index (χ4v) is 2.74. The molecule has 10 heteroatoms. The molecule has 1 heterocycles. The first-order valence-corrected chi connectivity index (χ1v) is 8.43. The fraction of sp³-hybridized carbons (Fsp3) is 0.667. The van der Waals surface area contributed by atoms with Gasteiger partial charge in [0.1, 0.15) is 16.4 Å². The van der Waals surface area contributed by atoms with E-state index in [1.54, 1.807) is 4.57 Å². The van der Waals surface area contributed by atoms with Gasteiger partial charge in [0.2, 0.25) is 0 Å². The summed E-state index contributed by atoms with van der Waals surface area (Å²) < 4.78 is 23.6. The molecule has 0 aromatic carbocycles. The molecule has 0 atom stereocenters. The standard InChI is InChI=1S/C9H15N3O5S2/c1-19(16,17)4-2-3-12-7(5-13)10-11-9(12)18-6-8(14)15/h13H,2-6H2,1H3,(H,14,15). The highest BCUT2D eigenvalue weighted by Gasteiger charge is 2.13. The molecule has 0 aliphatic rings. The summed E-state index contributed by atoms with van der Waals surface area (Å²) in [6.07, 6.45) is 1.50. The summed E-state index contributed by atoms with van der Waals surface area (Å²) in [5, 5.41) is 25.6. The number of carbonyl (C=O) groups is 1. The first-order valence-electron chi connectivity index (χ1n) is 5.38. The van der Waals surface area contributed by atoms with Crippen molar-refractivity contribution in [2.75, 3.05) is 17.8 Å². The van der Waals surface area contributed by atoms with Crippen molar-refractivity contribution < 1.29 is 23.4 Å². The molecule has 0 bridgehead atoms. The molecule has 0 fully saturated rings. The van der Waals surface area contributed by atoms with Gasteiger partial charge < -0.3 is 14.8 Å². The Balaban J connectivity index is 2.72. The van der Waals surface area contributed by atoms with E-state index in [1.807, 2.05) is 0 Å². The molecule has 0 radical (unpaired) electrons. The second-order valence-electron chi connectivity index (χ2n) is 3.87. The molecule has 0 saturated heterocycles. The molecule has 108 valence electrons. The third-order valence-corrected chi connectivity index (χ3v) is 4.14. The number of nitrogens with zero attached hydrogens (tertiary/aromatic N) is 3. The van der Waals surface area contributed by atoms with Crippen LogP contribution in [0, 0.1) is 0 Å². The van der Waals surface area contributed by atoms with Crippen molar-refractivity contribution in [2.24, 2.45) is 0 Å². The van der Waals surface area contributed by atoms with Gasteiger partial charge in [0.25, 0.3) is 0 Å². The number of carboxylic acid groups (broad SMARTS) is 1. The van der Waals surface area contributed by atoms with Crippen LogP contribution in [0.15, 0.2) is 5.16 Å². The number of rotatable bonds is 8. The van der Waals surface area contributed by atoms with E-state index in [1.165, 1.54) is 0 Å². The highest BCUT2D eigenvalue weighted by molar-refractivity contribution is 7.99. The Morgan fingerprint density at radius 1 is 1.42 bits per heavy atom. The van der Waals surface area contributed by atoms with Crippen molar-refractivity contribution in [1.82, 2.24) is 14.8 Å². The van der Waals surface area contributed by atoms with Crippen LogP contribution >= 0.6 is 11.8 Å². The van der Waals surface area contributed by atoms with E-state index in [-0.39, 0.29) is 18.1 Å². The second kappa shape index (κ2) is 6.87. The summed E-state index contributed by atoms with van der Waals surface area (Å²) in [5.74, 6) is -0.850. The van der Waals surface area contributed by atoms with Crippen LogP contribution in [-0.2, 0) is 27.8 Å². The van der Waals surface area contributed by atoms with Gasteiger partial charge >= 0.3 is 5.97 Å². The number of aliphatic hydroxyl groups excluding tert-OH is 1. The van der Waals surface area contributed by atoms with E-state index in [4.69, 9.17) is 10.2 Å². The Morgan fingerprint density at radius 2 is 2.11 bits per heavy atom. The SMILES string of the molecule is CS(=O)(=O)CCCn1c(CO)nnc1SCC(=O)O. The second-order valence-corrected chi connectivity index (χ2v) is 7.08. The van der Waals surface area contributed by atoms with E-state index < -0.39 is 15.8 Å². The minimum absolute atomic E-state index is 0.0130. The predicted molar refractivity (Wildman–Crippen MR) is 68.6 cm³/mol. The van der Waals surface area contributed by atoms with Crippen LogP contribution < -0.4 is 0 Å². The van der Waals surface area contributed by atoms with Crippen LogP contribution in [-0.4, -0.2) is 57.1 Å². The molecular formula is C9H15N3O5S2. The molecule has 0 unspecified atom stereocenters. The van der Waals surface area contributed by atoms with Gasteiger partial charge in [0, 0.05) is 12.8 Å². The molecule has 8 nitrogen and oxygen atoms in total. The Bertz CT molecular complexity index is 540. The fourth-order valence-electron chi connectivity index (χ4n) is 1.38. The van der Waals surface area contributed by atoms with Gasteiger partial charge in [-0.3, -0.25) is 4.79 Å². The molecule has 1 rings (SSSR count). The third kappa shape index (κ3) is 5.57. The highest BCUT2D eigenvalue weighted by atomic mass is 32.2. The minimum Gasteiger partial charge on any atom is -0.481 e. The predicted octanol–water partition coefficient (Wildman–Crippen LogP) is -0.618. The molecule has 2 N–H and O–H groups in total. The highest BCUT2D eigenvalue weighted by Crippen LogP contribution is 2.17. The Kier molecular flexibility index (Phi) is 5.76. The molecule has 19 heavy (non-hydrogen) atoms. The Hall–Kier alpha value is -1.13. The molecular weight excluding hydrogens is 294 g/mol. The maximum atomic E-state index is 11.0. The van der Waals surface area contributed by atoms with Gasteiger partial charge in [-0.05, 0) is 6.42 Å². The first kappa shape index (κ1) is 15.9. The average molecular weight is 309 g/mol.